The molecule has 0 saturated carbocycles. The molecule has 0 spiro atoms. The lowest BCUT2D eigenvalue weighted by Crippen LogP contribution is -2.43. The second-order valence-corrected chi connectivity index (χ2v) is 7.25. The number of rotatable bonds is 6. The van der Waals surface area contributed by atoms with Gasteiger partial charge in [-0.1, -0.05) is 6.07 Å². The summed E-state index contributed by atoms with van der Waals surface area (Å²) in [4.78, 5) is 6.39. The van der Waals surface area contributed by atoms with E-state index in [2.05, 4.69) is 14.6 Å². The van der Waals surface area contributed by atoms with Crippen molar-refractivity contribution in [3.05, 3.63) is 23.9 Å². The van der Waals surface area contributed by atoms with Crippen LogP contribution >= 0.6 is 0 Å². The molecule has 2 heterocycles. The van der Waals surface area contributed by atoms with Gasteiger partial charge in [-0.2, -0.15) is 17.4 Å². The highest BCUT2D eigenvalue weighted by Gasteiger charge is 2.27. The number of nitrogens with zero attached hydrogens (tertiary/aromatic N) is 3. The lowest BCUT2D eigenvalue weighted by Gasteiger charge is -2.18. The van der Waals surface area contributed by atoms with E-state index in [0.29, 0.717) is 12.4 Å². The van der Waals surface area contributed by atoms with Crippen LogP contribution in [0.1, 0.15) is 12.0 Å². The van der Waals surface area contributed by atoms with Gasteiger partial charge in [0.2, 0.25) is 5.88 Å². The fraction of sp³-hybridized carbons (Fsp3) is 0.615. The average Bonchev–Trinajstić information content (AvgIpc) is 2.86. The predicted molar refractivity (Wildman–Crippen MR) is 80.2 cm³/mol. The molecule has 1 aromatic heterocycles. The summed E-state index contributed by atoms with van der Waals surface area (Å²) in [5, 5.41) is 0. The Morgan fingerprint density at radius 3 is 2.81 bits per heavy atom. The van der Waals surface area contributed by atoms with Gasteiger partial charge in [0.05, 0.1) is 7.11 Å². The molecule has 0 bridgehead atoms. The number of methoxy groups -OCH3 is 1. The maximum absolute atomic E-state index is 11.8. The highest BCUT2D eigenvalue weighted by molar-refractivity contribution is 7.87. The van der Waals surface area contributed by atoms with Crippen LogP contribution in [0.3, 0.4) is 0 Å². The van der Waals surface area contributed by atoms with Gasteiger partial charge in [-0.05, 0) is 12.0 Å². The van der Waals surface area contributed by atoms with Crippen molar-refractivity contribution < 1.29 is 13.2 Å². The Bertz CT molecular complexity index is 559. The molecule has 0 aliphatic carbocycles. The third-order valence-electron chi connectivity index (χ3n) is 3.48. The van der Waals surface area contributed by atoms with Crippen LogP contribution in [-0.2, 0) is 16.8 Å². The van der Waals surface area contributed by atoms with Crippen molar-refractivity contribution in [2.45, 2.75) is 19.0 Å². The first kappa shape index (κ1) is 16.2. The molecule has 1 N–H and O–H groups in total. The van der Waals surface area contributed by atoms with Crippen molar-refractivity contribution >= 4 is 10.2 Å². The SMILES string of the molecule is COc1ccc(CN2CC[C@@H](NS(=O)(=O)N(C)C)C2)cn1. The van der Waals surface area contributed by atoms with E-state index in [4.69, 9.17) is 4.74 Å². The summed E-state index contributed by atoms with van der Waals surface area (Å²) in [6.07, 6.45) is 2.60. The molecule has 0 radical (unpaired) electrons. The number of ether oxygens (including phenoxy) is 1. The molecule has 118 valence electrons. The van der Waals surface area contributed by atoms with E-state index in [1.165, 1.54) is 18.4 Å². The van der Waals surface area contributed by atoms with Gasteiger partial charge in [0, 0.05) is 52.0 Å². The third kappa shape index (κ3) is 4.37. The van der Waals surface area contributed by atoms with Crippen LogP contribution in [0.5, 0.6) is 5.88 Å². The molecular formula is C13H22N4O3S. The summed E-state index contributed by atoms with van der Waals surface area (Å²) in [7, 11) is 1.28. The molecule has 1 aliphatic rings. The second kappa shape index (κ2) is 6.69. The zero-order chi connectivity index (χ0) is 15.5. The van der Waals surface area contributed by atoms with Crippen LogP contribution in [0.2, 0.25) is 0 Å². The zero-order valence-electron chi connectivity index (χ0n) is 12.6. The Labute approximate surface area is 126 Å². The molecule has 0 aromatic carbocycles. The number of nitrogens with one attached hydrogen (secondary N) is 1. The van der Waals surface area contributed by atoms with Crippen molar-refractivity contribution in [3.63, 3.8) is 0 Å². The quantitative estimate of drug-likeness (QED) is 0.804. The Morgan fingerprint density at radius 1 is 1.48 bits per heavy atom. The molecule has 1 atom stereocenters. The van der Waals surface area contributed by atoms with Crippen molar-refractivity contribution in [3.8, 4) is 5.88 Å². The minimum Gasteiger partial charge on any atom is -0.481 e. The Balaban J connectivity index is 1.87. The fourth-order valence-electron chi connectivity index (χ4n) is 2.27. The van der Waals surface area contributed by atoms with Crippen molar-refractivity contribution in [1.82, 2.24) is 18.9 Å². The standard InChI is InChI=1S/C13H22N4O3S/c1-16(2)21(18,19)15-12-6-7-17(10-12)9-11-4-5-13(20-3)14-8-11/h4-5,8,12,15H,6-7,9-10H2,1-3H3/t12-/m1/s1. The molecule has 8 heteroatoms. The van der Waals surface area contributed by atoms with E-state index in [1.54, 1.807) is 13.3 Å². The number of likely N-dealkylation sites (tertiary alicyclic amines) is 1. The van der Waals surface area contributed by atoms with Gasteiger partial charge in [-0.15, -0.1) is 0 Å². The molecule has 2 rings (SSSR count). The molecule has 1 aliphatic heterocycles. The molecule has 0 amide bonds. The molecule has 1 fully saturated rings. The highest BCUT2D eigenvalue weighted by Crippen LogP contribution is 2.15. The Kier molecular flexibility index (Phi) is 5.15. The topological polar surface area (TPSA) is 74.8 Å². The molecular weight excluding hydrogens is 292 g/mol. The van der Waals surface area contributed by atoms with E-state index in [9.17, 15) is 8.42 Å². The normalized spacial score (nSPS) is 20.1. The molecule has 1 aromatic rings. The van der Waals surface area contributed by atoms with Crippen LogP contribution in [0, 0.1) is 0 Å². The van der Waals surface area contributed by atoms with Gasteiger partial charge in [0.1, 0.15) is 0 Å². The van der Waals surface area contributed by atoms with Crippen LogP contribution in [0.25, 0.3) is 0 Å². The Morgan fingerprint density at radius 2 is 2.24 bits per heavy atom. The van der Waals surface area contributed by atoms with Gasteiger partial charge in [-0.3, -0.25) is 4.90 Å². The first-order valence-electron chi connectivity index (χ1n) is 6.82. The van der Waals surface area contributed by atoms with Gasteiger partial charge in [-0.25, -0.2) is 4.98 Å². The molecule has 7 nitrogen and oxygen atoms in total. The van der Waals surface area contributed by atoms with Gasteiger partial charge >= 0.3 is 0 Å². The minimum absolute atomic E-state index is 0.0383. The number of pyridine rings is 1. The monoisotopic (exact) mass is 314 g/mol. The highest BCUT2D eigenvalue weighted by atomic mass is 32.2. The molecule has 0 unspecified atom stereocenters. The first-order valence-corrected chi connectivity index (χ1v) is 8.26. The zero-order valence-corrected chi connectivity index (χ0v) is 13.4. The lowest BCUT2D eigenvalue weighted by atomic mass is 10.2. The van der Waals surface area contributed by atoms with Crippen LogP contribution < -0.4 is 9.46 Å². The van der Waals surface area contributed by atoms with Crippen molar-refractivity contribution in [2.24, 2.45) is 0 Å². The van der Waals surface area contributed by atoms with Gasteiger partial charge < -0.3 is 4.74 Å². The summed E-state index contributed by atoms with van der Waals surface area (Å²) in [5.41, 5.74) is 1.09. The first-order chi connectivity index (χ1) is 9.90. The van der Waals surface area contributed by atoms with E-state index in [0.717, 1.165) is 25.1 Å². The van der Waals surface area contributed by atoms with Crippen molar-refractivity contribution in [1.29, 1.82) is 0 Å². The third-order valence-corrected chi connectivity index (χ3v) is 5.07. The molecule has 1 saturated heterocycles. The van der Waals surface area contributed by atoms with Crippen LogP contribution in [-0.4, -0.2) is 62.9 Å². The van der Waals surface area contributed by atoms with Crippen molar-refractivity contribution in [2.75, 3.05) is 34.3 Å². The van der Waals surface area contributed by atoms with E-state index in [-0.39, 0.29) is 6.04 Å². The van der Waals surface area contributed by atoms with E-state index >= 15 is 0 Å². The lowest BCUT2D eigenvalue weighted by molar-refractivity contribution is 0.323. The van der Waals surface area contributed by atoms with Gasteiger partial charge in [0.25, 0.3) is 10.2 Å². The van der Waals surface area contributed by atoms with E-state index in [1.807, 2.05) is 12.1 Å². The maximum Gasteiger partial charge on any atom is 0.279 e. The predicted octanol–water partition coefficient (Wildman–Crippen LogP) is 0.0605. The minimum atomic E-state index is -3.36. The largest absolute Gasteiger partial charge is 0.481 e. The van der Waals surface area contributed by atoms with Crippen LogP contribution in [0.15, 0.2) is 18.3 Å². The summed E-state index contributed by atoms with van der Waals surface area (Å²) < 4.78 is 32.5. The van der Waals surface area contributed by atoms with E-state index < -0.39 is 10.2 Å². The Hall–Kier alpha value is -1.22. The summed E-state index contributed by atoms with van der Waals surface area (Å²) in [6, 6.07) is 3.77. The second-order valence-electron chi connectivity index (χ2n) is 5.33. The fourth-order valence-corrected chi connectivity index (χ4v) is 3.10. The smallest absolute Gasteiger partial charge is 0.279 e. The summed E-state index contributed by atoms with van der Waals surface area (Å²) in [6.45, 7) is 2.34. The van der Waals surface area contributed by atoms with Gasteiger partial charge in [0.15, 0.2) is 0 Å². The summed E-state index contributed by atoms with van der Waals surface area (Å²) in [5.74, 6) is 0.594. The number of hydrogen-bond acceptors (Lipinski definition) is 5. The average molecular weight is 314 g/mol. The number of aromatic nitrogens is 1. The number of hydrogen-bond donors (Lipinski definition) is 1. The van der Waals surface area contributed by atoms with Crippen LogP contribution in [0.4, 0.5) is 0 Å². The molecule has 21 heavy (non-hydrogen) atoms. The summed E-state index contributed by atoms with van der Waals surface area (Å²) >= 11 is 0. The maximum atomic E-state index is 11.8.